The summed E-state index contributed by atoms with van der Waals surface area (Å²) in [5.74, 6) is -1.37. The molecule has 0 spiro atoms. The molecule has 3 aromatic rings. The summed E-state index contributed by atoms with van der Waals surface area (Å²) in [4.78, 5) is 26.5. The van der Waals surface area contributed by atoms with Crippen LogP contribution in [-0.4, -0.2) is 46.1 Å². The Balaban J connectivity index is 1.58. The minimum Gasteiger partial charge on any atom is -0.444 e. The fourth-order valence-electron chi connectivity index (χ4n) is 5.48. The zero-order chi connectivity index (χ0) is 32.1. The average molecular weight is 613 g/mol. The van der Waals surface area contributed by atoms with E-state index in [4.69, 9.17) is 4.74 Å². The summed E-state index contributed by atoms with van der Waals surface area (Å²) in [6.45, 7) is 5.15. The summed E-state index contributed by atoms with van der Waals surface area (Å²) in [7, 11) is 0. The van der Waals surface area contributed by atoms with Crippen molar-refractivity contribution >= 4 is 12.0 Å². The zero-order valence-electron chi connectivity index (χ0n) is 25.0. The first-order valence-corrected chi connectivity index (χ1v) is 14.6. The molecular formula is C34H39F3N2O5. The minimum absolute atomic E-state index is 0.0238. The van der Waals surface area contributed by atoms with E-state index in [-0.39, 0.29) is 19.3 Å². The van der Waals surface area contributed by atoms with E-state index in [9.17, 15) is 33.0 Å². The van der Waals surface area contributed by atoms with E-state index < -0.39 is 59.6 Å². The fraction of sp³-hybridized carbons (Fsp3) is 0.412. The summed E-state index contributed by atoms with van der Waals surface area (Å²) < 4.78 is 44.9. The van der Waals surface area contributed by atoms with Gasteiger partial charge in [0.2, 0.25) is 5.91 Å². The molecule has 0 aromatic heterocycles. The lowest BCUT2D eigenvalue weighted by atomic mass is 9.88. The van der Waals surface area contributed by atoms with E-state index in [2.05, 4.69) is 10.6 Å². The molecule has 4 rings (SSSR count). The van der Waals surface area contributed by atoms with E-state index in [1.54, 1.807) is 20.8 Å². The fourth-order valence-corrected chi connectivity index (χ4v) is 5.48. The molecule has 0 heterocycles. The molecular weight excluding hydrogens is 573 g/mol. The maximum Gasteiger partial charge on any atom is 0.416 e. The molecule has 3 aromatic carbocycles. The molecule has 0 saturated carbocycles. The van der Waals surface area contributed by atoms with Gasteiger partial charge in [0.15, 0.2) is 0 Å². The van der Waals surface area contributed by atoms with Gasteiger partial charge in [0.05, 0.1) is 29.9 Å². The summed E-state index contributed by atoms with van der Waals surface area (Å²) in [6, 6.07) is 19.6. The highest BCUT2D eigenvalue weighted by Gasteiger charge is 2.36. The third-order valence-electron chi connectivity index (χ3n) is 7.63. The summed E-state index contributed by atoms with van der Waals surface area (Å²) in [5.41, 5.74) is 1.41. The molecule has 0 radical (unpaired) electrons. The number of hydrogen-bond acceptors (Lipinski definition) is 5. The van der Waals surface area contributed by atoms with E-state index >= 15 is 0 Å². The standard InChI is InChI=1S/C34H39F3N2O5/c1-33(2,3)44-32(43)38-27(18-21-9-5-4-6-10-21)28(40)20-24(17-22-13-15-25(16-14-22)34(35,36)37)31(42)39-30-26-12-8-7-11-23(26)19-29(30)41/h4-16,24,27-30,40-41H,17-20H2,1-3H3,(H,38,43)(H,39,42)/t24-,27+,28+,29+,30?/m1/s1. The van der Waals surface area contributed by atoms with Crippen molar-refractivity contribution in [3.63, 3.8) is 0 Å². The first-order chi connectivity index (χ1) is 20.7. The molecule has 1 aliphatic carbocycles. The highest BCUT2D eigenvalue weighted by molar-refractivity contribution is 5.80. The van der Waals surface area contributed by atoms with Crippen LogP contribution in [0.4, 0.5) is 18.0 Å². The molecule has 10 heteroatoms. The number of carbonyl (C=O) groups excluding carboxylic acids is 2. The Labute approximate surface area is 255 Å². The summed E-state index contributed by atoms with van der Waals surface area (Å²) >= 11 is 0. The number of aliphatic hydroxyl groups excluding tert-OH is 2. The molecule has 7 nitrogen and oxygen atoms in total. The largest absolute Gasteiger partial charge is 0.444 e. The van der Waals surface area contributed by atoms with Crippen LogP contribution >= 0.6 is 0 Å². The topological polar surface area (TPSA) is 108 Å². The highest BCUT2D eigenvalue weighted by Crippen LogP contribution is 2.33. The number of rotatable bonds is 10. The molecule has 0 fully saturated rings. The Kier molecular flexibility index (Phi) is 10.4. The molecule has 0 bridgehead atoms. The number of aliphatic hydroxyl groups is 2. The van der Waals surface area contributed by atoms with Gasteiger partial charge in [0.1, 0.15) is 5.60 Å². The van der Waals surface area contributed by atoms with Gasteiger partial charge in [-0.3, -0.25) is 4.79 Å². The quantitative estimate of drug-likeness (QED) is 0.241. The first-order valence-electron chi connectivity index (χ1n) is 14.6. The SMILES string of the molecule is CC(C)(C)OC(=O)N[C@@H](Cc1ccccc1)[C@@H](O)C[C@@H](Cc1ccc(C(F)(F)F)cc1)C(=O)NC1c2ccccc2C[C@@H]1O. The van der Waals surface area contributed by atoms with Crippen LogP contribution in [0.2, 0.25) is 0 Å². The predicted molar refractivity (Wildman–Crippen MR) is 160 cm³/mol. The van der Waals surface area contributed by atoms with Crippen LogP contribution in [0.1, 0.15) is 61.1 Å². The van der Waals surface area contributed by atoms with Crippen LogP contribution in [-0.2, 0) is 35.0 Å². The van der Waals surface area contributed by atoms with Crippen LogP contribution in [0.15, 0.2) is 78.9 Å². The van der Waals surface area contributed by atoms with Crippen LogP contribution < -0.4 is 10.6 Å². The van der Waals surface area contributed by atoms with Gasteiger partial charge in [0.25, 0.3) is 0 Å². The van der Waals surface area contributed by atoms with Gasteiger partial charge in [-0.05, 0) is 74.4 Å². The number of ether oxygens (including phenoxy) is 1. The number of alkyl halides is 3. The van der Waals surface area contributed by atoms with E-state index in [1.807, 2.05) is 54.6 Å². The maximum atomic E-state index is 13.8. The van der Waals surface area contributed by atoms with Crippen LogP contribution in [0, 0.1) is 5.92 Å². The van der Waals surface area contributed by atoms with Gasteiger partial charge in [0, 0.05) is 12.3 Å². The predicted octanol–water partition coefficient (Wildman–Crippen LogP) is 5.53. The second-order valence-electron chi connectivity index (χ2n) is 12.3. The van der Waals surface area contributed by atoms with Gasteiger partial charge in [-0.25, -0.2) is 4.79 Å². The Morgan fingerprint density at radius 1 is 0.909 bits per heavy atom. The van der Waals surface area contributed by atoms with Gasteiger partial charge < -0.3 is 25.6 Å². The second-order valence-corrected chi connectivity index (χ2v) is 12.3. The average Bonchev–Trinajstić information content (AvgIpc) is 3.26. The molecule has 2 amide bonds. The van der Waals surface area contributed by atoms with E-state index in [0.29, 0.717) is 12.0 Å². The molecule has 0 saturated heterocycles. The lowest BCUT2D eigenvalue weighted by Gasteiger charge is -2.30. The van der Waals surface area contributed by atoms with Gasteiger partial charge >= 0.3 is 12.3 Å². The Morgan fingerprint density at radius 2 is 1.52 bits per heavy atom. The van der Waals surface area contributed by atoms with Crippen molar-refractivity contribution in [1.29, 1.82) is 0 Å². The van der Waals surface area contributed by atoms with E-state index in [0.717, 1.165) is 28.8 Å². The first kappa shape index (κ1) is 33.0. The summed E-state index contributed by atoms with van der Waals surface area (Å²) in [5, 5.41) is 27.9. The molecule has 44 heavy (non-hydrogen) atoms. The van der Waals surface area contributed by atoms with Crippen LogP contribution in [0.25, 0.3) is 0 Å². The van der Waals surface area contributed by atoms with Gasteiger partial charge in [-0.2, -0.15) is 13.2 Å². The van der Waals surface area contributed by atoms with Crippen molar-refractivity contribution < 1.29 is 37.7 Å². The van der Waals surface area contributed by atoms with Crippen LogP contribution in [0.5, 0.6) is 0 Å². The van der Waals surface area contributed by atoms with Crippen molar-refractivity contribution in [3.8, 4) is 0 Å². The lowest BCUT2D eigenvalue weighted by molar-refractivity contribution is -0.137. The van der Waals surface area contributed by atoms with Crippen molar-refractivity contribution in [3.05, 3.63) is 107 Å². The Morgan fingerprint density at radius 3 is 2.16 bits per heavy atom. The summed E-state index contributed by atoms with van der Waals surface area (Å²) in [6.07, 6.45) is -6.80. The Bertz CT molecular complexity index is 1410. The molecule has 0 aliphatic heterocycles. The highest BCUT2D eigenvalue weighted by atomic mass is 19.4. The smallest absolute Gasteiger partial charge is 0.416 e. The molecule has 236 valence electrons. The van der Waals surface area contributed by atoms with Crippen molar-refractivity contribution in [2.45, 2.75) is 82.5 Å². The second kappa shape index (κ2) is 13.8. The van der Waals surface area contributed by atoms with Gasteiger partial charge in [-0.1, -0.05) is 66.7 Å². The number of halogens is 3. The number of carbonyl (C=O) groups is 2. The van der Waals surface area contributed by atoms with Gasteiger partial charge in [-0.15, -0.1) is 0 Å². The number of fused-ring (bicyclic) bond motifs is 1. The minimum atomic E-state index is -4.50. The van der Waals surface area contributed by atoms with Crippen molar-refractivity contribution in [2.75, 3.05) is 0 Å². The van der Waals surface area contributed by atoms with Crippen molar-refractivity contribution in [1.82, 2.24) is 10.6 Å². The van der Waals surface area contributed by atoms with Crippen LogP contribution in [0.3, 0.4) is 0 Å². The van der Waals surface area contributed by atoms with E-state index in [1.165, 1.54) is 12.1 Å². The number of nitrogens with one attached hydrogen (secondary N) is 2. The lowest BCUT2D eigenvalue weighted by Crippen LogP contribution is -2.48. The maximum absolute atomic E-state index is 13.8. The normalized spacial score (nSPS) is 18.5. The monoisotopic (exact) mass is 612 g/mol. The molecule has 4 N–H and O–H groups in total. The third-order valence-corrected chi connectivity index (χ3v) is 7.63. The number of benzene rings is 3. The Hall–Kier alpha value is -3.89. The molecule has 5 atom stereocenters. The van der Waals surface area contributed by atoms with Crippen molar-refractivity contribution in [2.24, 2.45) is 5.92 Å². The third kappa shape index (κ3) is 9.06. The molecule has 1 unspecified atom stereocenters. The number of amides is 2. The number of alkyl carbamates (subject to hydrolysis) is 1. The zero-order valence-corrected chi connectivity index (χ0v) is 25.0. The number of hydrogen-bond donors (Lipinski definition) is 4. The molecule has 1 aliphatic rings.